The van der Waals surface area contributed by atoms with Gasteiger partial charge in [0, 0.05) is 19.5 Å². The minimum absolute atomic E-state index is 0.0431. The third kappa shape index (κ3) is 12.7. The van der Waals surface area contributed by atoms with Crippen LogP contribution in [-0.2, 0) is 19.1 Å². The van der Waals surface area contributed by atoms with E-state index in [1.54, 1.807) is 39.8 Å². The van der Waals surface area contributed by atoms with Crippen LogP contribution in [0.25, 0.3) is 0 Å². The van der Waals surface area contributed by atoms with Gasteiger partial charge in [0.25, 0.3) is 0 Å². The molecule has 0 radical (unpaired) electrons. The fourth-order valence-electron chi connectivity index (χ4n) is 4.25. The molecule has 4 amide bonds. The second-order valence-electron chi connectivity index (χ2n) is 11.2. The molecule has 226 valence electrons. The van der Waals surface area contributed by atoms with E-state index in [1.807, 2.05) is 6.92 Å². The minimum Gasteiger partial charge on any atom is -0.508 e. The molecule has 0 aromatic heterocycles. The van der Waals surface area contributed by atoms with Crippen LogP contribution in [-0.4, -0.2) is 58.6 Å². The Hall–Kier alpha value is -3.30. The van der Waals surface area contributed by atoms with E-state index in [0.717, 1.165) is 38.5 Å². The van der Waals surface area contributed by atoms with Gasteiger partial charge in [-0.1, -0.05) is 52.0 Å². The van der Waals surface area contributed by atoms with Gasteiger partial charge in [0.2, 0.25) is 17.7 Å². The van der Waals surface area contributed by atoms with Crippen LogP contribution in [0.4, 0.5) is 4.79 Å². The van der Waals surface area contributed by atoms with E-state index in [9.17, 15) is 24.3 Å². The third-order valence-electron chi connectivity index (χ3n) is 6.38. The summed E-state index contributed by atoms with van der Waals surface area (Å²) in [7, 11) is 0. The van der Waals surface area contributed by atoms with E-state index in [-0.39, 0.29) is 31.0 Å². The molecule has 40 heavy (non-hydrogen) atoms. The van der Waals surface area contributed by atoms with Gasteiger partial charge >= 0.3 is 6.09 Å². The molecule has 2 atom stereocenters. The number of amides is 4. The standard InChI is InChI=1S/C30H50N4O6/c1-7-9-11-12-13-19-34(28(38)23(15-17-25(31)36)33-29(39)40-30(4,5)6)26(27(37)32-18-10-8-2)22-14-16-24(35)21(3)20-22/h14,16,20,23,26,35H,7-13,15,17-19H2,1-6H3,(H2,31,36)(H,32,37)(H,33,39). The quantitative estimate of drug-likeness (QED) is 0.204. The van der Waals surface area contributed by atoms with Gasteiger partial charge in [0.15, 0.2) is 0 Å². The first kappa shape index (κ1) is 34.7. The van der Waals surface area contributed by atoms with E-state index in [4.69, 9.17) is 10.5 Å². The molecule has 1 rings (SSSR count). The van der Waals surface area contributed by atoms with Crippen molar-refractivity contribution in [1.29, 1.82) is 0 Å². The van der Waals surface area contributed by atoms with Gasteiger partial charge in [-0.2, -0.15) is 0 Å². The summed E-state index contributed by atoms with van der Waals surface area (Å²) >= 11 is 0. The largest absolute Gasteiger partial charge is 0.508 e. The highest BCUT2D eigenvalue weighted by atomic mass is 16.6. The first-order chi connectivity index (χ1) is 18.8. The Kier molecular flexibility index (Phi) is 15.1. The van der Waals surface area contributed by atoms with Crippen LogP contribution in [0.5, 0.6) is 5.75 Å². The van der Waals surface area contributed by atoms with Crippen molar-refractivity contribution in [3.63, 3.8) is 0 Å². The van der Waals surface area contributed by atoms with Gasteiger partial charge in [-0.05, 0) is 70.2 Å². The number of carbonyl (C=O) groups is 4. The predicted molar refractivity (Wildman–Crippen MR) is 156 cm³/mol. The van der Waals surface area contributed by atoms with Crippen LogP contribution in [0.3, 0.4) is 0 Å². The average Bonchev–Trinajstić information content (AvgIpc) is 2.86. The van der Waals surface area contributed by atoms with Crippen molar-refractivity contribution >= 4 is 23.8 Å². The monoisotopic (exact) mass is 562 g/mol. The van der Waals surface area contributed by atoms with Gasteiger partial charge in [-0.3, -0.25) is 14.4 Å². The van der Waals surface area contributed by atoms with Crippen molar-refractivity contribution < 1.29 is 29.0 Å². The summed E-state index contributed by atoms with van der Waals surface area (Å²) in [5.41, 5.74) is 5.68. The second-order valence-corrected chi connectivity index (χ2v) is 11.2. The lowest BCUT2D eigenvalue weighted by Crippen LogP contribution is -2.53. The molecule has 0 bridgehead atoms. The Bertz CT molecular complexity index is 975. The van der Waals surface area contributed by atoms with Crippen LogP contribution in [0.1, 0.15) is 110 Å². The Morgan fingerprint density at radius 3 is 2.25 bits per heavy atom. The topological polar surface area (TPSA) is 151 Å². The Morgan fingerprint density at radius 2 is 1.68 bits per heavy atom. The van der Waals surface area contributed by atoms with Crippen LogP contribution in [0, 0.1) is 6.92 Å². The summed E-state index contributed by atoms with van der Waals surface area (Å²) in [4.78, 5) is 53.6. The Morgan fingerprint density at radius 1 is 1.02 bits per heavy atom. The number of primary amides is 1. The number of aromatic hydroxyl groups is 1. The molecular weight excluding hydrogens is 512 g/mol. The van der Waals surface area contributed by atoms with Crippen molar-refractivity contribution in [3.8, 4) is 5.75 Å². The molecule has 1 aromatic carbocycles. The molecule has 10 nitrogen and oxygen atoms in total. The van der Waals surface area contributed by atoms with Crippen molar-refractivity contribution in [2.24, 2.45) is 5.73 Å². The maximum absolute atomic E-state index is 14.2. The van der Waals surface area contributed by atoms with Crippen molar-refractivity contribution in [2.45, 2.75) is 117 Å². The van der Waals surface area contributed by atoms with Crippen LogP contribution in [0.15, 0.2) is 18.2 Å². The number of hydrogen-bond acceptors (Lipinski definition) is 6. The zero-order valence-corrected chi connectivity index (χ0v) is 25.2. The Labute approximate surface area is 239 Å². The molecule has 2 unspecified atom stereocenters. The van der Waals surface area contributed by atoms with Crippen LogP contribution < -0.4 is 16.4 Å². The molecule has 1 aromatic rings. The smallest absolute Gasteiger partial charge is 0.408 e. The summed E-state index contributed by atoms with van der Waals surface area (Å²) in [6.07, 6.45) is 5.31. The number of alkyl carbamates (subject to hydrolysis) is 1. The molecule has 10 heteroatoms. The maximum atomic E-state index is 14.2. The molecule has 0 spiro atoms. The number of nitrogens with zero attached hydrogens (tertiary/aromatic N) is 1. The first-order valence-electron chi connectivity index (χ1n) is 14.5. The summed E-state index contributed by atoms with van der Waals surface area (Å²) in [6, 6.07) is 2.68. The number of nitrogens with two attached hydrogens (primary N) is 1. The molecule has 0 aliphatic carbocycles. The molecule has 0 fully saturated rings. The van der Waals surface area contributed by atoms with Gasteiger partial charge in [0.1, 0.15) is 23.4 Å². The number of hydrogen-bond donors (Lipinski definition) is 4. The molecule has 0 aliphatic heterocycles. The zero-order chi connectivity index (χ0) is 30.3. The van der Waals surface area contributed by atoms with E-state index in [1.165, 1.54) is 11.0 Å². The fourth-order valence-corrected chi connectivity index (χ4v) is 4.25. The number of rotatable bonds is 17. The number of nitrogens with one attached hydrogen (secondary N) is 2. The zero-order valence-electron chi connectivity index (χ0n) is 25.2. The highest BCUT2D eigenvalue weighted by Crippen LogP contribution is 2.28. The summed E-state index contributed by atoms with van der Waals surface area (Å²) in [5, 5.41) is 15.7. The highest BCUT2D eigenvalue weighted by molar-refractivity contribution is 5.92. The number of phenols is 1. The van der Waals surface area contributed by atoms with Crippen LogP contribution >= 0.6 is 0 Å². The SMILES string of the molecule is CCCCCCCN(C(=O)C(CCC(N)=O)NC(=O)OC(C)(C)C)C(C(=O)NCCCC)c1ccc(O)c(C)c1. The van der Waals surface area contributed by atoms with Crippen molar-refractivity contribution in [1.82, 2.24) is 15.5 Å². The van der Waals surface area contributed by atoms with Crippen molar-refractivity contribution in [3.05, 3.63) is 29.3 Å². The number of ether oxygens (including phenoxy) is 1. The average molecular weight is 563 g/mol. The maximum Gasteiger partial charge on any atom is 0.408 e. The number of benzene rings is 1. The number of phenolic OH excluding ortho intramolecular Hbond substituents is 1. The van der Waals surface area contributed by atoms with Gasteiger partial charge in [-0.25, -0.2) is 4.79 Å². The predicted octanol–water partition coefficient (Wildman–Crippen LogP) is 4.62. The van der Waals surface area contributed by atoms with Crippen LogP contribution in [0.2, 0.25) is 0 Å². The lowest BCUT2D eigenvalue weighted by Gasteiger charge is -2.35. The lowest BCUT2D eigenvalue weighted by molar-refractivity contribution is -0.142. The second kappa shape index (κ2) is 17.4. The van der Waals surface area contributed by atoms with Crippen molar-refractivity contribution in [2.75, 3.05) is 13.1 Å². The summed E-state index contributed by atoms with van der Waals surface area (Å²) < 4.78 is 5.37. The molecule has 5 N–H and O–H groups in total. The number of unbranched alkanes of at least 4 members (excludes halogenated alkanes) is 5. The highest BCUT2D eigenvalue weighted by Gasteiger charge is 2.36. The van der Waals surface area contributed by atoms with Gasteiger partial charge in [0.05, 0.1) is 0 Å². The number of aryl methyl sites for hydroxylation is 1. The number of carbonyl (C=O) groups excluding carboxylic acids is 4. The first-order valence-corrected chi connectivity index (χ1v) is 14.5. The van der Waals surface area contributed by atoms with Gasteiger partial charge in [-0.15, -0.1) is 0 Å². The summed E-state index contributed by atoms with van der Waals surface area (Å²) in [6.45, 7) is 11.7. The molecule has 0 saturated carbocycles. The lowest BCUT2D eigenvalue weighted by atomic mass is 9.99. The molecule has 0 aliphatic rings. The van der Waals surface area contributed by atoms with Gasteiger partial charge < -0.3 is 31.1 Å². The molecular formula is C30H50N4O6. The third-order valence-corrected chi connectivity index (χ3v) is 6.38. The molecule has 0 saturated heterocycles. The summed E-state index contributed by atoms with van der Waals surface area (Å²) in [5.74, 6) is -1.40. The fraction of sp³-hybridized carbons (Fsp3) is 0.667. The normalized spacial score (nSPS) is 12.8. The van der Waals surface area contributed by atoms with E-state index in [2.05, 4.69) is 17.6 Å². The Balaban J connectivity index is 3.51. The van der Waals surface area contributed by atoms with E-state index >= 15 is 0 Å². The molecule has 0 heterocycles. The minimum atomic E-state index is -1.14. The van der Waals surface area contributed by atoms with E-state index in [0.29, 0.717) is 24.1 Å². The van der Waals surface area contributed by atoms with E-state index < -0.39 is 35.6 Å².